The number of thiazole rings is 1. The Balaban J connectivity index is 1.96. The van der Waals surface area contributed by atoms with Crippen molar-refractivity contribution in [3.05, 3.63) is 39.8 Å². The van der Waals surface area contributed by atoms with Crippen molar-refractivity contribution in [3.8, 4) is 0 Å². The summed E-state index contributed by atoms with van der Waals surface area (Å²) in [6.07, 6.45) is 1.03. The average Bonchev–Trinajstić information content (AvgIpc) is 2.77. The monoisotopic (exact) mass is 275 g/mol. The summed E-state index contributed by atoms with van der Waals surface area (Å²) in [7, 11) is 4.15. The highest BCUT2D eigenvalue weighted by molar-refractivity contribution is 7.09. The second-order valence-electron chi connectivity index (χ2n) is 4.93. The van der Waals surface area contributed by atoms with Gasteiger partial charge in [0.1, 0.15) is 0 Å². The second kappa shape index (κ2) is 6.06. The van der Waals surface area contributed by atoms with E-state index in [2.05, 4.69) is 61.3 Å². The third kappa shape index (κ3) is 3.47. The molecule has 0 fully saturated rings. The quantitative estimate of drug-likeness (QED) is 0.905. The zero-order chi connectivity index (χ0) is 13.8. The molecule has 4 heteroatoms. The number of aromatic nitrogens is 1. The minimum atomic E-state index is 0.943. The molecule has 0 atom stereocenters. The fourth-order valence-electron chi connectivity index (χ4n) is 2.09. The van der Waals surface area contributed by atoms with Crippen LogP contribution in [0.4, 0.5) is 11.4 Å². The Labute approximate surface area is 119 Å². The first-order valence-electron chi connectivity index (χ1n) is 6.48. The topological polar surface area (TPSA) is 28.2 Å². The molecule has 2 rings (SSSR count). The van der Waals surface area contributed by atoms with E-state index in [4.69, 9.17) is 0 Å². The Morgan fingerprint density at radius 2 is 2.05 bits per heavy atom. The van der Waals surface area contributed by atoms with E-state index >= 15 is 0 Å². The number of hydrogen-bond donors (Lipinski definition) is 1. The molecule has 0 bridgehead atoms. The Hall–Kier alpha value is -1.55. The second-order valence-corrected chi connectivity index (χ2v) is 5.87. The molecule has 102 valence electrons. The van der Waals surface area contributed by atoms with Gasteiger partial charge in [-0.25, -0.2) is 4.98 Å². The summed E-state index contributed by atoms with van der Waals surface area (Å²) >= 11 is 1.74. The average molecular weight is 275 g/mol. The van der Waals surface area contributed by atoms with Gasteiger partial charge in [-0.15, -0.1) is 11.3 Å². The van der Waals surface area contributed by atoms with Crippen LogP contribution in [0.5, 0.6) is 0 Å². The van der Waals surface area contributed by atoms with Gasteiger partial charge in [-0.1, -0.05) is 6.07 Å². The predicted molar refractivity (Wildman–Crippen MR) is 84.6 cm³/mol. The van der Waals surface area contributed by atoms with Crippen molar-refractivity contribution in [2.45, 2.75) is 20.3 Å². The highest BCUT2D eigenvalue weighted by Crippen LogP contribution is 2.22. The number of benzene rings is 1. The van der Waals surface area contributed by atoms with Crippen molar-refractivity contribution in [2.75, 3.05) is 30.9 Å². The van der Waals surface area contributed by atoms with E-state index in [1.54, 1.807) is 11.3 Å². The van der Waals surface area contributed by atoms with E-state index in [1.165, 1.54) is 21.8 Å². The summed E-state index contributed by atoms with van der Waals surface area (Å²) in [6, 6.07) is 6.51. The highest BCUT2D eigenvalue weighted by atomic mass is 32.1. The molecule has 1 N–H and O–H groups in total. The van der Waals surface area contributed by atoms with Crippen molar-refractivity contribution in [1.29, 1.82) is 0 Å². The standard InChI is InChI=1S/C15H21N3S/c1-11-5-6-13(9-14(11)18(3)4)16-8-7-15-12(2)17-10-19-15/h5-6,9-10,16H,7-8H2,1-4H3. The van der Waals surface area contributed by atoms with Crippen molar-refractivity contribution < 1.29 is 0 Å². The van der Waals surface area contributed by atoms with E-state index in [9.17, 15) is 0 Å². The number of rotatable bonds is 5. The SMILES string of the molecule is Cc1ccc(NCCc2scnc2C)cc1N(C)C. The van der Waals surface area contributed by atoms with Crippen LogP contribution in [0.2, 0.25) is 0 Å². The largest absolute Gasteiger partial charge is 0.385 e. The molecular weight excluding hydrogens is 254 g/mol. The van der Waals surface area contributed by atoms with E-state index in [0.29, 0.717) is 0 Å². The maximum Gasteiger partial charge on any atom is 0.0797 e. The van der Waals surface area contributed by atoms with Crippen molar-refractivity contribution in [1.82, 2.24) is 4.98 Å². The normalized spacial score (nSPS) is 10.5. The lowest BCUT2D eigenvalue weighted by atomic mass is 10.1. The Bertz CT molecular complexity index is 546. The third-order valence-electron chi connectivity index (χ3n) is 3.22. The molecule has 0 spiro atoms. The van der Waals surface area contributed by atoms with Crippen LogP contribution in [0, 0.1) is 13.8 Å². The smallest absolute Gasteiger partial charge is 0.0797 e. The fraction of sp³-hybridized carbons (Fsp3) is 0.400. The Morgan fingerprint density at radius 1 is 1.26 bits per heavy atom. The lowest BCUT2D eigenvalue weighted by Crippen LogP contribution is -2.11. The van der Waals surface area contributed by atoms with Crippen LogP contribution in [-0.2, 0) is 6.42 Å². The lowest BCUT2D eigenvalue weighted by Gasteiger charge is -2.17. The Morgan fingerprint density at radius 3 is 2.68 bits per heavy atom. The summed E-state index contributed by atoms with van der Waals surface area (Å²) in [6.45, 7) is 5.15. The molecule has 0 aliphatic carbocycles. The molecule has 19 heavy (non-hydrogen) atoms. The summed E-state index contributed by atoms with van der Waals surface area (Å²) in [5.74, 6) is 0. The van der Waals surface area contributed by atoms with E-state index in [1.807, 2.05) is 5.51 Å². The number of nitrogens with one attached hydrogen (secondary N) is 1. The molecule has 1 aromatic carbocycles. The number of aryl methyl sites for hydroxylation is 2. The van der Waals surface area contributed by atoms with Gasteiger partial charge in [0, 0.05) is 43.3 Å². The molecule has 3 nitrogen and oxygen atoms in total. The number of hydrogen-bond acceptors (Lipinski definition) is 4. The summed E-state index contributed by atoms with van der Waals surface area (Å²) in [5.41, 5.74) is 6.81. The van der Waals surface area contributed by atoms with Crippen LogP contribution in [-0.4, -0.2) is 25.6 Å². The van der Waals surface area contributed by atoms with Crippen molar-refractivity contribution in [2.24, 2.45) is 0 Å². The molecule has 0 saturated carbocycles. The van der Waals surface area contributed by atoms with Crippen molar-refractivity contribution >= 4 is 22.7 Å². The highest BCUT2D eigenvalue weighted by Gasteiger charge is 2.03. The number of anilines is 2. The lowest BCUT2D eigenvalue weighted by molar-refractivity contribution is 1.02. The van der Waals surface area contributed by atoms with Crippen LogP contribution in [0.3, 0.4) is 0 Å². The van der Waals surface area contributed by atoms with Gasteiger partial charge in [0.2, 0.25) is 0 Å². The summed E-state index contributed by atoms with van der Waals surface area (Å²) < 4.78 is 0. The molecule has 0 unspecified atom stereocenters. The molecule has 0 radical (unpaired) electrons. The van der Waals surface area contributed by atoms with Gasteiger partial charge in [-0.05, 0) is 31.5 Å². The molecular formula is C15H21N3S. The molecule has 0 aliphatic heterocycles. The van der Waals surface area contributed by atoms with Gasteiger partial charge in [-0.2, -0.15) is 0 Å². The zero-order valence-corrected chi connectivity index (χ0v) is 12.8. The number of nitrogens with zero attached hydrogens (tertiary/aromatic N) is 2. The van der Waals surface area contributed by atoms with Crippen LogP contribution < -0.4 is 10.2 Å². The molecule has 0 saturated heterocycles. The summed E-state index contributed by atoms with van der Waals surface area (Å²) in [5, 5.41) is 3.48. The minimum absolute atomic E-state index is 0.943. The molecule has 1 heterocycles. The van der Waals surface area contributed by atoms with Crippen molar-refractivity contribution in [3.63, 3.8) is 0 Å². The van der Waals surface area contributed by atoms with E-state index < -0.39 is 0 Å². The molecule has 2 aromatic rings. The van der Waals surface area contributed by atoms with Crippen LogP contribution in [0.25, 0.3) is 0 Å². The van der Waals surface area contributed by atoms with Gasteiger partial charge in [0.05, 0.1) is 11.2 Å². The Kier molecular flexibility index (Phi) is 4.43. The van der Waals surface area contributed by atoms with Gasteiger partial charge in [-0.3, -0.25) is 0 Å². The minimum Gasteiger partial charge on any atom is -0.385 e. The van der Waals surface area contributed by atoms with Gasteiger partial charge < -0.3 is 10.2 Å². The maximum absolute atomic E-state index is 4.28. The zero-order valence-electron chi connectivity index (χ0n) is 12.0. The first kappa shape index (κ1) is 13.9. The van der Waals surface area contributed by atoms with Crippen LogP contribution in [0.1, 0.15) is 16.1 Å². The van der Waals surface area contributed by atoms with Crippen LogP contribution >= 0.6 is 11.3 Å². The fourth-order valence-corrected chi connectivity index (χ4v) is 2.87. The van der Waals surface area contributed by atoms with E-state index in [-0.39, 0.29) is 0 Å². The molecule has 0 aliphatic rings. The van der Waals surface area contributed by atoms with Gasteiger partial charge in [0.15, 0.2) is 0 Å². The molecule has 1 aromatic heterocycles. The molecule has 0 amide bonds. The first-order valence-corrected chi connectivity index (χ1v) is 7.36. The predicted octanol–water partition coefficient (Wildman–Crippen LogP) is 3.48. The van der Waals surface area contributed by atoms with E-state index in [0.717, 1.165) is 18.7 Å². The maximum atomic E-state index is 4.28. The first-order chi connectivity index (χ1) is 9.08. The summed E-state index contributed by atoms with van der Waals surface area (Å²) in [4.78, 5) is 7.79. The van der Waals surface area contributed by atoms with Gasteiger partial charge in [0.25, 0.3) is 0 Å². The third-order valence-corrected chi connectivity index (χ3v) is 4.21. The van der Waals surface area contributed by atoms with Crippen LogP contribution in [0.15, 0.2) is 23.7 Å². The van der Waals surface area contributed by atoms with Gasteiger partial charge >= 0.3 is 0 Å².